The number of rotatable bonds is 4. The van der Waals surface area contributed by atoms with E-state index >= 15 is 0 Å². The zero-order valence-corrected chi connectivity index (χ0v) is 10.2. The highest BCUT2D eigenvalue weighted by Crippen LogP contribution is 2.20. The van der Waals surface area contributed by atoms with E-state index in [0.29, 0.717) is 0 Å². The van der Waals surface area contributed by atoms with Gasteiger partial charge in [-0.15, -0.1) is 10.2 Å². The Morgan fingerprint density at radius 1 is 1.44 bits per heavy atom. The predicted molar refractivity (Wildman–Crippen MR) is 62.8 cm³/mol. The number of hydrogen-bond donors (Lipinski definition) is 1. The quantitative estimate of drug-likeness (QED) is 0.806. The van der Waals surface area contributed by atoms with E-state index in [1.165, 1.54) is 0 Å². The summed E-state index contributed by atoms with van der Waals surface area (Å²) in [6.07, 6.45) is 2.95. The number of nitrogens with two attached hydrogens (primary N) is 1. The molecule has 0 bridgehead atoms. The lowest BCUT2D eigenvalue weighted by molar-refractivity contribution is 0.183. The van der Waals surface area contributed by atoms with Gasteiger partial charge in [0, 0.05) is 13.1 Å². The molecule has 16 heavy (non-hydrogen) atoms. The average Bonchev–Trinajstić information content (AvgIpc) is 2.73. The van der Waals surface area contributed by atoms with E-state index in [9.17, 15) is 0 Å². The van der Waals surface area contributed by atoms with Crippen molar-refractivity contribution in [2.45, 2.75) is 33.4 Å². The van der Waals surface area contributed by atoms with Crippen LogP contribution in [-0.4, -0.2) is 39.3 Å². The molecule has 0 aromatic carbocycles. The lowest BCUT2D eigenvalue weighted by Gasteiger charge is -2.30. The van der Waals surface area contributed by atoms with Crippen LogP contribution in [0.1, 0.15) is 26.1 Å². The maximum absolute atomic E-state index is 5.74. The molecule has 0 atom stereocenters. The maximum Gasteiger partial charge on any atom is 0.147 e. The van der Waals surface area contributed by atoms with Gasteiger partial charge >= 0.3 is 0 Å². The summed E-state index contributed by atoms with van der Waals surface area (Å²) < 4.78 is 2.13. The summed E-state index contributed by atoms with van der Waals surface area (Å²) in [6.45, 7) is 9.30. The molecular weight excluding hydrogens is 202 g/mol. The smallest absolute Gasteiger partial charge is 0.147 e. The number of fused-ring (bicyclic) bond motifs is 1. The highest BCUT2D eigenvalue weighted by Gasteiger charge is 2.21. The molecular formula is C11H21N5. The fourth-order valence-corrected chi connectivity index (χ4v) is 1.87. The van der Waals surface area contributed by atoms with Gasteiger partial charge in [0.15, 0.2) is 0 Å². The minimum Gasteiger partial charge on any atom is -0.330 e. The number of aromatic nitrogens is 3. The molecule has 0 saturated heterocycles. The average molecular weight is 223 g/mol. The molecule has 0 aliphatic carbocycles. The molecule has 1 aromatic rings. The Morgan fingerprint density at radius 2 is 2.25 bits per heavy atom. The van der Waals surface area contributed by atoms with Gasteiger partial charge in [-0.1, -0.05) is 13.8 Å². The molecule has 0 fully saturated rings. The van der Waals surface area contributed by atoms with E-state index in [4.69, 9.17) is 5.73 Å². The third kappa shape index (κ3) is 2.59. The topological polar surface area (TPSA) is 60.0 Å². The predicted octanol–water partition coefficient (Wildman–Crippen LogP) is 0.469. The molecule has 2 rings (SSSR count). The molecule has 1 aliphatic heterocycles. The second kappa shape index (κ2) is 4.51. The first-order chi connectivity index (χ1) is 7.61. The standard InChI is InChI=1S/C11H21N5/c1-11(2,8-12)3-4-15-5-6-16-9-13-14-10(16)7-15/h9H,3-8,12H2,1-2H3. The monoisotopic (exact) mass is 223 g/mol. The molecule has 0 spiro atoms. The summed E-state index contributed by atoms with van der Waals surface area (Å²) >= 11 is 0. The highest BCUT2D eigenvalue weighted by atomic mass is 15.3. The minimum atomic E-state index is 0.241. The molecule has 2 heterocycles. The van der Waals surface area contributed by atoms with Gasteiger partial charge in [0.05, 0.1) is 6.54 Å². The molecule has 0 radical (unpaired) electrons. The van der Waals surface area contributed by atoms with E-state index < -0.39 is 0 Å². The third-order valence-electron chi connectivity index (χ3n) is 3.38. The second-order valence-electron chi connectivity index (χ2n) is 5.34. The van der Waals surface area contributed by atoms with Crippen LogP contribution < -0.4 is 5.73 Å². The third-order valence-corrected chi connectivity index (χ3v) is 3.38. The van der Waals surface area contributed by atoms with Crippen LogP contribution in [0.25, 0.3) is 0 Å². The number of nitrogens with zero attached hydrogens (tertiary/aromatic N) is 4. The van der Waals surface area contributed by atoms with Gasteiger partial charge in [-0.25, -0.2) is 0 Å². The van der Waals surface area contributed by atoms with E-state index in [-0.39, 0.29) is 5.41 Å². The van der Waals surface area contributed by atoms with Gasteiger partial charge in [-0.2, -0.15) is 0 Å². The molecule has 0 saturated carbocycles. The van der Waals surface area contributed by atoms with Crippen molar-refractivity contribution in [3.8, 4) is 0 Å². The van der Waals surface area contributed by atoms with Crippen molar-refractivity contribution in [3.05, 3.63) is 12.2 Å². The molecule has 0 unspecified atom stereocenters. The number of hydrogen-bond acceptors (Lipinski definition) is 4. The first-order valence-electron chi connectivity index (χ1n) is 5.90. The summed E-state index contributed by atoms with van der Waals surface area (Å²) in [6, 6.07) is 0. The van der Waals surface area contributed by atoms with Gasteiger partial charge in [0.1, 0.15) is 12.2 Å². The van der Waals surface area contributed by atoms with Gasteiger partial charge < -0.3 is 10.3 Å². The summed E-state index contributed by atoms with van der Waals surface area (Å²) in [5, 5.41) is 8.05. The molecule has 0 amide bonds. The van der Waals surface area contributed by atoms with Crippen LogP contribution in [0.4, 0.5) is 0 Å². The zero-order valence-electron chi connectivity index (χ0n) is 10.2. The Balaban J connectivity index is 1.86. The van der Waals surface area contributed by atoms with Crippen LogP contribution in [0.3, 0.4) is 0 Å². The van der Waals surface area contributed by atoms with Gasteiger partial charge in [-0.3, -0.25) is 4.90 Å². The van der Waals surface area contributed by atoms with Crippen molar-refractivity contribution in [3.63, 3.8) is 0 Å². The first kappa shape index (κ1) is 11.5. The normalized spacial score (nSPS) is 17.4. The van der Waals surface area contributed by atoms with E-state index in [0.717, 1.165) is 45.0 Å². The van der Waals surface area contributed by atoms with E-state index in [1.807, 2.05) is 6.33 Å². The van der Waals surface area contributed by atoms with Crippen LogP contribution in [0.15, 0.2) is 6.33 Å². The van der Waals surface area contributed by atoms with Gasteiger partial charge in [0.2, 0.25) is 0 Å². The SMILES string of the molecule is CC(C)(CN)CCN1CCn2cnnc2C1. The molecule has 90 valence electrons. The highest BCUT2D eigenvalue weighted by molar-refractivity contribution is 4.90. The Bertz CT molecular complexity index is 344. The minimum absolute atomic E-state index is 0.241. The van der Waals surface area contributed by atoms with Crippen molar-refractivity contribution in [1.29, 1.82) is 0 Å². The molecule has 5 nitrogen and oxygen atoms in total. The summed E-state index contributed by atoms with van der Waals surface area (Å²) in [4.78, 5) is 2.43. The van der Waals surface area contributed by atoms with Crippen molar-refractivity contribution in [2.75, 3.05) is 19.6 Å². The first-order valence-corrected chi connectivity index (χ1v) is 5.90. The lowest BCUT2D eigenvalue weighted by atomic mass is 9.89. The molecule has 1 aromatic heterocycles. The van der Waals surface area contributed by atoms with Crippen LogP contribution >= 0.6 is 0 Å². The Kier molecular flexibility index (Phi) is 3.25. The molecule has 2 N–H and O–H groups in total. The van der Waals surface area contributed by atoms with E-state index in [1.54, 1.807) is 0 Å². The van der Waals surface area contributed by atoms with Crippen LogP contribution in [0.5, 0.6) is 0 Å². The van der Waals surface area contributed by atoms with Crippen molar-refractivity contribution in [1.82, 2.24) is 19.7 Å². The molecule has 1 aliphatic rings. The Hall–Kier alpha value is -0.940. The maximum atomic E-state index is 5.74. The van der Waals surface area contributed by atoms with Crippen LogP contribution in [-0.2, 0) is 13.1 Å². The van der Waals surface area contributed by atoms with Crippen LogP contribution in [0.2, 0.25) is 0 Å². The second-order valence-corrected chi connectivity index (χ2v) is 5.34. The summed E-state index contributed by atoms with van der Waals surface area (Å²) in [5.41, 5.74) is 5.98. The Morgan fingerprint density at radius 3 is 3.00 bits per heavy atom. The van der Waals surface area contributed by atoms with Gasteiger partial charge in [-0.05, 0) is 24.9 Å². The fraction of sp³-hybridized carbons (Fsp3) is 0.818. The molecule has 5 heteroatoms. The van der Waals surface area contributed by atoms with Crippen molar-refractivity contribution in [2.24, 2.45) is 11.1 Å². The van der Waals surface area contributed by atoms with E-state index in [2.05, 4.69) is 33.5 Å². The van der Waals surface area contributed by atoms with Gasteiger partial charge in [0.25, 0.3) is 0 Å². The summed E-state index contributed by atoms with van der Waals surface area (Å²) in [7, 11) is 0. The largest absolute Gasteiger partial charge is 0.330 e. The Labute approximate surface area is 96.6 Å². The zero-order chi connectivity index (χ0) is 11.6. The fourth-order valence-electron chi connectivity index (χ4n) is 1.87. The lowest BCUT2D eigenvalue weighted by Crippen LogP contribution is -2.37. The van der Waals surface area contributed by atoms with Crippen LogP contribution in [0, 0.1) is 5.41 Å². The van der Waals surface area contributed by atoms with Crippen molar-refractivity contribution >= 4 is 0 Å². The van der Waals surface area contributed by atoms with Crippen molar-refractivity contribution < 1.29 is 0 Å². The summed E-state index contributed by atoms with van der Waals surface area (Å²) in [5.74, 6) is 1.08.